The molecule has 0 saturated carbocycles. The van der Waals surface area contributed by atoms with Gasteiger partial charge in [0, 0.05) is 58.7 Å². The van der Waals surface area contributed by atoms with E-state index < -0.39 is 0 Å². The van der Waals surface area contributed by atoms with Crippen molar-refractivity contribution in [3.8, 4) is 5.75 Å². The molecular weight excluding hydrogens is 495 g/mol. The Hall–Kier alpha value is -1.85. The molecule has 0 bridgehead atoms. The smallest absolute Gasteiger partial charge is 0.191 e. The highest BCUT2D eigenvalue weighted by Gasteiger charge is 2.09. The third kappa shape index (κ3) is 8.88. The van der Waals surface area contributed by atoms with Gasteiger partial charge in [-0.2, -0.15) is 5.10 Å². The average molecular weight is 528 g/mol. The Bertz CT molecular complexity index is 735. The summed E-state index contributed by atoms with van der Waals surface area (Å²) in [7, 11) is 1.79. The summed E-state index contributed by atoms with van der Waals surface area (Å²) in [6.07, 6.45) is 4.76. The van der Waals surface area contributed by atoms with Gasteiger partial charge in [0.25, 0.3) is 0 Å². The third-order valence-corrected chi connectivity index (χ3v) is 4.78. The first-order chi connectivity index (χ1) is 14.3. The molecule has 1 aliphatic rings. The van der Waals surface area contributed by atoms with Crippen molar-refractivity contribution in [1.82, 2.24) is 25.3 Å². The highest BCUT2D eigenvalue weighted by Crippen LogP contribution is 2.13. The summed E-state index contributed by atoms with van der Waals surface area (Å²) in [6, 6.07) is 10.1. The van der Waals surface area contributed by atoms with E-state index in [1.54, 1.807) is 13.2 Å². The lowest BCUT2D eigenvalue weighted by Gasteiger charge is -2.26. The lowest BCUT2D eigenvalue weighted by atomic mass is 10.2. The molecule has 0 spiro atoms. The minimum atomic E-state index is 0. The maximum atomic E-state index is 5.93. The fourth-order valence-corrected chi connectivity index (χ4v) is 3.15. The van der Waals surface area contributed by atoms with Gasteiger partial charge in [0.2, 0.25) is 0 Å². The van der Waals surface area contributed by atoms with Gasteiger partial charge < -0.3 is 20.1 Å². The number of benzene rings is 1. The van der Waals surface area contributed by atoms with Gasteiger partial charge in [0.15, 0.2) is 5.96 Å². The molecule has 1 aromatic heterocycles. The summed E-state index contributed by atoms with van der Waals surface area (Å²) < 4.78 is 13.2. The van der Waals surface area contributed by atoms with Crippen LogP contribution in [-0.4, -0.2) is 73.7 Å². The standard InChI is InChI=1S/C21H32N6O2.HI/c1-22-21(23-7-3-9-27-10-4-8-25-27)24-18-19-5-2-6-20(17-19)29-16-13-26-11-14-28-15-12-26;/h2,4-6,8,10,17H,3,7,9,11-16,18H2,1H3,(H2,22,23,24);1H. The number of nitrogens with one attached hydrogen (secondary N) is 2. The largest absolute Gasteiger partial charge is 0.492 e. The first-order valence-corrected chi connectivity index (χ1v) is 10.3. The molecule has 1 aromatic carbocycles. The second kappa shape index (κ2) is 14.2. The van der Waals surface area contributed by atoms with Gasteiger partial charge in [-0.15, -0.1) is 24.0 Å². The van der Waals surface area contributed by atoms with Crippen molar-refractivity contribution in [1.29, 1.82) is 0 Å². The lowest BCUT2D eigenvalue weighted by Crippen LogP contribution is -2.38. The molecule has 1 fully saturated rings. The monoisotopic (exact) mass is 528 g/mol. The molecule has 0 atom stereocenters. The van der Waals surface area contributed by atoms with E-state index in [1.807, 2.05) is 29.1 Å². The molecule has 9 heteroatoms. The minimum Gasteiger partial charge on any atom is -0.492 e. The van der Waals surface area contributed by atoms with Crippen LogP contribution in [0.3, 0.4) is 0 Å². The van der Waals surface area contributed by atoms with Gasteiger partial charge >= 0.3 is 0 Å². The molecule has 1 saturated heterocycles. The van der Waals surface area contributed by atoms with Crippen LogP contribution in [0.25, 0.3) is 0 Å². The van der Waals surface area contributed by atoms with Crippen LogP contribution in [-0.2, 0) is 17.8 Å². The van der Waals surface area contributed by atoms with Gasteiger partial charge in [-0.1, -0.05) is 12.1 Å². The second-order valence-corrected chi connectivity index (χ2v) is 6.93. The fourth-order valence-electron chi connectivity index (χ4n) is 3.15. The number of aromatic nitrogens is 2. The number of aryl methyl sites for hydroxylation is 1. The number of ether oxygens (including phenoxy) is 2. The molecule has 0 unspecified atom stereocenters. The fraction of sp³-hybridized carbons (Fsp3) is 0.524. The summed E-state index contributed by atoms with van der Waals surface area (Å²) in [5.74, 6) is 1.70. The molecule has 0 amide bonds. The molecule has 2 aromatic rings. The first-order valence-electron chi connectivity index (χ1n) is 10.3. The number of nitrogens with zero attached hydrogens (tertiary/aromatic N) is 4. The van der Waals surface area contributed by atoms with E-state index in [2.05, 4.69) is 37.8 Å². The number of hydrogen-bond donors (Lipinski definition) is 2. The quantitative estimate of drug-likeness (QED) is 0.213. The summed E-state index contributed by atoms with van der Waals surface area (Å²) in [4.78, 5) is 6.66. The Balaban J connectivity index is 0.00000320. The summed E-state index contributed by atoms with van der Waals surface area (Å²) >= 11 is 0. The van der Waals surface area contributed by atoms with Gasteiger partial charge in [0.05, 0.1) is 13.2 Å². The van der Waals surface area contributed by atoms with E-state index >= 15 is 0 Å². The maximum Gasteiger partial charge on any atom is 0.191 e. The molecule has 2 N–H and O–H groups in total. The van der Waals surface area contributed by atoms with E-state index in [9.17, 15) is 0 Å². The highest BCUT2D eigenvalue weighted by molar-refractivity contribution is 14.0. The van der Waals surface area contributed by atoms with Gasteiger partial charge in [-0.05, 0) is 30.2 Å². The Morgan fingerprint density at radius 3 is 2.83 bits per heavy atom. The number of hydrogen-bond acceptors (Lipinski definition) is 5. The Labute approximate surface area is 196 Å². The highest BCUT2D eigenvalue weighted by atomic mass is 127. The van der Waals surface area contributed by atoms with Crippen molar-refractivity contribution in [3.05, 3.63) is 48.3 Å². The Morgan fingerprint density at radius 1 is 1.20 bits per heavy atom. The van der Waals surface area contributed by atoms with Crippen molar-refractivity contribution in [2.45, 2.75) is 19.5 Å². The van der Waals surface area contributed by atoms with E-state index in [0.29, 0.717) is 13.2 Å². The van der Waals surface area contributed by atoms with Gasteiger partial charge in [-0.3, -0.25) is 14.6 Å². The zero-order chi connectivity index (χ0) is 20.2. The van der Waals surface area contributed by atoms with E-state index in [1.165, 1.54) is 0 Å². The SMILES string of the molecule is CN=C(NCCCn1cccn1)NCc1cccc(OCCN2CCOCC2)c1.I. The normalized spacial score (nSPS) is 14.8. The Kier molecular flexibility index (Phi) is 11.6. The van der Waals surface area contributed by atoms with Gasteiger partial charge in [-0.25, -0.2) is 0 Å². The third-order valence-electron chi connectivity index (χ3n) is 4.78. The van der Waals surface area contributed by atoms with Crippen molar-refractivity contribution in [2.75, 3.05) is 53.0 Å². The minimum absolute atomic E-state index is 0. The van der Waals surface area contributed by atoms with E-state index in [-0.39, 0.29) is 24.0 Å². The van der Waals surface area contributed by atoms with Crippen molar-refractivity contribution < 1.29 is 9.47 Å². The number of aliphatic imine (C=N–C) groups is 1. The number of morpholine rings is 1. The molecule has 30 heavy (non-hydrogen) atoms. The maximum absolute atomic E-state index is 5.93. The van der Waals surface area contributed by atoms with Crippen molar-refractivity contribution in [2.24, 2.45) is 4.99 Å². The summed E-state index contributed by atoms with van der Waals surface area (Å²) in [6.45, 7) is 7.66. The Morgan fingerprint density at radius 2 is 2.07 bits per heavy atom. The average Bonchev–Trinajstić information content (AvgIpc) is 3.28. The van der Waals surface area contributed by atoms with Crippen LogP contribution in [0.4, 0.5) is 0 Å². The molecule has 0 aliphatic carbocycles. The molecule has 0 radical (unpaired) electrons. The van der Waals surface area contributed by atoms with Crippen LogP contribution >= 0.6 is 24.0 Å². The predicted octanol–water partition coefficient (Wildman–Crippen LogP) is 1.97. The molecule has 3 rings (SSSR count). The van der Waals surface area contributed by atoms with E-state index in [4.69, 9.17) is 9.47 Å². The summed E-state index contributed by atoms with van der Waals surface area (Å²) in [5, 5.41) is 10.9. The van der Waals surface area contributed by atoms with Crippen LogP contribution in [0.5, 0.6) is 5.75 Å². The first kappa shape index (κ1) is 24.4. The topological polar surface area (TPSA) is 75.9 Å². The van der Waals surface area contributed by atoms with Crippen molar-refractivity contribution >= 4 is 29.9 Å². The van der Waals surface area contributed by atoms with Crippen LogP contribution in [0.2, 0.25) is 0 Å². The molecular formula is C21H33IN6O2. The summed E-state index contributed by atoms with van der Waals surface area (Å²) in [5.41, 5.74) is 1.16. The zero-order valence-corrected chi connectivity index (χ0v) is 20.0. The van der Waals surface area contributed by atoms with E-state index in [0.717, 1.165) is 69.6 Å². The van der Waals surface area contributed by atoms with Crippen LogP contribution in [0.15, 0.2) is 47.7 Å². The molecule has 2 heterocycles. The van der Waals surface area contributed by atoms with Crippen LogP contribution in [0.1, 0.15) is 12.0 Å². The number of rotatable bonds is 10. The van der Waals surface area contributed by atoms with Crippen LogP contribution in [0, 0.1) is 0 Å². The second-order valence-electron chi connectivity index (χ2n) is 6.93. The number of halogens is 1. The molecule has 8 nitrogen and oxygen atoms in total. The zero-order valence-electron chi connectivity index (χ0n) is 17.6. The van der Waals surface area contributed by atoms with Crippen LogP contribution < -0.4 is 15.4 Å². The molecule has 1 aliphatic heterocycles. The predicted molar refractivity (Wildman–Crippen MR) is 130 cm³/mol. The van der Waals surface area contributed by atoms with Crippen molar-refractivity contribution in [3.63, 3.8) is 0 Å². The van der Waals surface area contributed by atoms with Gasteiger partial charge in [0.1, 0.15) is 12.4 Å². The molecule has 166 valence electrons. The number of guanidine groups is 1. The lowest BCUT2D eigenvalue weighted by molar-refractivity contribution is 0.0322.